The summed E-state index contributed by atoms with van der Waals surface area (Å²) in [4.78, 5) is 18.4. The minimum atomic E-state index is 0.0158. The van der Waals surface area contributed by atoms with Gasteiger partial charge >= 0.3 is 0 Å². The fourth-order valence-electron chi connectivity index (χ4n) is 2.36. The molecular formula is C18H23N3O. The first-order chi connectivity index (χ1) is 10.6. The van der Waals surface area contributed by atoms with E-state index in [0.29, 0.717) is 18.7 Å². The molecule has 0 spiro atoms. The fourth-order valence-corrected chi connectivity index (χ4v) is 2.36. The number of nitrogens with one attached hydrogen (secondary N) is 1. The first-order valence-electron chi connectivity index (χ1n) is 7.64. The van der Waals surface area contributed by atoms with Gasteiger partial charge < -0.3 is 10.2 Å². The minimum absolute atomic E-state index is 0.0158. The van der Waals surface area contributed by atoms with Gasteiger partial charge in [0.2, 0.25) is 0 Å². The van der Waals surface area contributed by atoms with Crippen LogP contribution in [-0.4, -0.2) is 28.9 Å². The average Bonchev–Trinajstić information content (AvgIpc) is 2.53. The maximum Gasteiger partial charge on any atom is 0.255 e. The van der Waals surface area contributed by atoms with Crippen molar-refractivity contribution in [1.82, 2.24) is 9.88 Å². The van der Waals surface area contributed by atoms with Crippen LogP contribution in [-0.2, 0) is 0 Å². The lowest BCUT2D eigenvalue weighted by molar-refractivity contribution is 0.0772. The van der Waals surface area contributed by atoms with Gasteiger partial charge in [-0.25, -0.2) is 0 Å². The summed E-state index contributed by atoms with van der Waals surface area (Å²) >= 11 is 0. The Kier molecular flexibility index (Phi) is 5.15. The van der Waals surface area contributed by atoms with Crippen LogP contribution in [0.3, 0.4) is 0 Å². The number of amides is 1. The number of aryl methyl sites for hydroxylation is 1. The molecule has 0 bridgehead atoms. The molecule has 0 radical (unpaired) electrons. The van der Waals surface area contributed by atoms with Gasteiger partial charge in [-0.2, -0.15) is 0 Å². The van der Waals surface area contributed by atoms with E-state index in [9.17, 15) is 4.79 Å². The van der Waals surface area contributed by atoms with E-state index in [0.717, 1.165) is 11.4 Å². The van der Waals surface area contributed by atoms with Gasteiger partial charge in [-0.1, -0.05) is 12.1 Å². The van der Waals surface area contributed by atoms with Crippen molar-refractivity contribution in [3.05, 3.63) is 53.3 Å². The van der Waals surface area contributed by atoms with Crippen LogP contribution in [0.25, 0.3) is 0 Å². The third-order valence-corrected chi connectivity index (χ3v) is 3.92. The van der Waals surface area contributed by atoms with Crippen molar-refractivity contribution < 1.29 is 4.79 Å². The fraction of sp³-hybridized carbons (Fsp3) is 0.333. The van der Waals surface area contributed by atoms with E-state index in [4.69, 9.17) is 0 Å². The van der Waals surface area contributed by atoms with E-state index >= 15 is 0 Å². The molecule has 1 heterocycles. The standard InChI is InChI=1S/C18H23N3O/c1-5-21(6-2)18(22)15-10-16(12-19-11-15)20-17-9-7-8-13(3)14(17)4/h7-12,20H,5-6H2,1-4H3. The topological polar surface area (TPSA) is 45.2 Å². The molecule has 4 heteroatoms. The smallest absolute Gasteiger partial charge is 0.255 e. The van der Waals surface area contributed by atoms with Crippen LogP contribution >= 0.6 is 0 Å². The van der Waals surface area contributed by atoms with Crippen molar-refractivity contribution >= 4 is 17.3 Å². The van der Waals surface area contributed by atoms with Gasteiger partial charge in [-0.05, 0) is 51.0 Å². The lowest BCUT2D eigenvalue weighted by Crippen LogP contribution is -2.30. The molecule has 0 aliphatic carbocycles. The number of carbonyl (C=O) groups excluding carboxylic acids is 1. The number of anilines is 2. The molecule has 4 nitrogen and oxygen atoms in total. The highest BCUT2D eigenvalue weighted by Crippen LogP contribution is 2.23. The molecule has 116 valence electrons. The third kappa shape index (κ3) is 3.45. The number of nitrogens with zero attached hydrogens (tertiary/aromatic N) is 2. The van der Waals surface area contributed by atoms with Crippen LogP contribution < -0.4 is 5.32 Å². The highest BCUT2D eigenvalue weighted by molar-refractivity contribution is 5.94. The zero-order chi connectivity index (χ0) is 16.1. The molecule has 0 saturated heterocycles. The number of benzene rings is 1. The molecule has 1 aromatic carbocycles. The quantitative estimate of drug-likeness (QED) is 0.909. The van der Waals surface area contributed by atoms with Gasteiger partial charge in [-0.3, -0.25) is 9.78 Å². The molecule has 0 aliphatic heterocycles. The van der Waals surface area contributed by atoms with Crippen LogP contribution in [0.4, 0.5) is 11.4 Å². The number of aromatic nitrogens is 1. The molecule has 0 fully saturated rings. The van der Waals surface area contributed by atoms with Gasteiger partial charge in [-0.15, -0.1) is 0 Å². The number of rotatable bonds is 5. The van der Waals surface area contributed by atoms with Crippen LogP contribution in [0.1, 0.15) is 35.3 Å². The predicted octanol–water partition coefficient (Wildman–Crippen LogP) is 3.92. The van der Waals surface area contributed by atoms with Gasteiger partial charge in [0.1, 0.15) is 0 Å². The predicted molar refractivity (Wildman–Crippen MR) is 90.7 cm³/mol. The number of hydrogen-bond donors (Lipinski definition) is 1. The number of carbonyl (C=O) groups is 1. The van der Waals surface area contributed by atoms with E-state index in [1.54, 1.807) is 17.3 Å². The van der Waals surface area contributed by atoms with Crippen LogP contribution in [0.2, 0.25) is 0 Å². The summed E-state index contributed by atoms with van der Waals surface area (Å²) in [5, 5.41) is 3.35. The van der Waals surface area contributed by atoms with Crippen molar-refractivity contribution in [2.45, 2.75) is 27.7 Å². The molecule has 1 aromatic heterocycles. The summed E-state index contributed by atoms with van der Waals surface area (Å²) in [5.74, 6) is 0.0158. The lowest BCUT2D eigenvalue weighted by Gasteiger charge is -2.19. The average molecular weight is 297 g/mol. The Bertz CT molecular complexity index is 663. The third-order valence-electron chi connectivity index (χ3n) is 3.92. The molecule has 0 aliphatic rings. The SMILES string of the molecule is CCN(CC)C(=O)c1cncc(Nc2cccc(C)c2C)c1. The lowest BCUT2D eigenvalue weighted by atomic mass is 10.1. The van der Waals surface area contributed by atoms with E-state index in [1.165, 1.54) is 11.1 Å². The molecule has 2 rings (SSSR count). The summed E-state index contributed by atoms with van der Waals surface area (Å²) in [7, 11) is 0. The molecule has 0 saturated carbocycles. The minimum Gasteiger partial charge on any atom is -0.354 e. The summed E-state index contributed by atoms with van der Waals surface area (Å²) in [6.45, 7) is 9.52. The van der Waals surface area contributed by atoms with Crippen molar-refractivity contribution in [2.24, 2.45) is 0 Å². The van der Waals surface area contributed by atoms with Crippen molar-refractivity contribution in [3.8, 4) is 0 Å². The van der Waals surface area contributed by atoms with Crippen LogP contribution in [0, 0.1) is 13.8 Å². The Morgan fingerprint density at radius 2 is 1.91 bits per heavy atom. The van der Waals surface area contributed by atoms with Gasteiger partial charge in [0.25, 0.3) is 5.91 Å². The van der Waals surface area contributed by atoms with Gasteiger partial charge in [0, 0.05) is 25.0 Å². The molecule has 0 atom stereocenters. The zero-order valence-electron chi connectivity index (χ0n) is 13.7. The Morgan fingerprint density at radius 1 is 1.18 bits per heavy atom. The Hall–Kier alpha value is -2.36. The zero-order valence-corrected chi connectivity index (χ0v) is 13.7. The van der Waals surface area contributed by atoms with Gasteiger partial charge in [0.15, 0.2) is 0 Å². The number of pyridine rings is 1. The Labute approximate surface area is 132 Å². The van der Waals surface area contributed by atoms with Crippen molar-refractivity contribution in [3.63, 3.8) is 0 Å². The molecule has 0 unspecified atom stereocenters. The summed E-state index contributed by atoms with van der Waals surface area (Å²) in [6, 6.07) is 7.98. The monoisotopic (exact) mass is 297 g/mol. The normalized spacial score (nSPS) is 10.4. The highest BCUT2D eigenvalue weighted by atomic mass is 16.2. The number of hydrogen-bond acceptors (Lipinski definition) is 3. The van der Waals surface area contributed by atoms with E-state index < -0.39 is 0 Å². The van der Waals surface area contributed by atoms with Crippen molar-refractivity contribution in [2.75, 3.05) is 18.4 Å². The maximum absolute atomic E-state index is 12.4. The maximum atomic E-state index is 12.4. The van der Waals surface area contributed by atoms with Gasteiger partial charge in [0.05, 0.1) is 17.4 Å². The second kappa shape index (κ2) is 7.07. The summed E-state index contributed by atoms with van der Waals surface area (Å²) in [6.07, 6.45) is 3.36. The van der Waals surface area contributed by atoms with Crippen LogP contribution in [0.5, 0.6) is 0 Å². The van der Waals surface area contributed by atoms with E-state index in [-0.39, 0.29) is 5.91 Å². The Morgan fingerprint density at radius 3 is 2.59 bits per heavy atom. The van der Waals surface area contributed by atoms with Crippen molar-refractivity contribution in [1.29, 1.82) is 0 Å². The largest absolute Gasteiger partial charge is 0.354 e. The second-order valence-corrected chi connectivity index (χ2v) is 5.31. The highest BCUT2D eigenvalue weighted by Gasteiger charge is 2.13. The molecular weight excluding hydrogens is 274 g/mol. The second-order valence-electron chi connectivity index (χ2n) is 5.31. The molecule has 1 N–H and O–H groups in total. The first-order valence-corrected chi connectivity index (χ1v) is 7.64. The first kappa shape index (κ1) is 16.0. The van der Waals surface area contributed by atoms with E-state index in [2.05, 4.69) is 30.2 Å². The van der Waals surface area contributed by atoms with Crippen LogP contribution in [0.15, 0.2) is 36.7 Å². The molecule has 22 heavy (non-hydrogen) atoms. The Balaban J connectivity index is 2.25. The van der Waals surface area contributed by atoms with E-state index in [1.807, 2.05) is 32.0 Å². The summed E-state index contributed by atoms with van der Waals surface area (Å²) < 4.78 is 0. The molecule has 1 amide bonds. The molecule has 2 aromatic rings. The summed E-state index contributed by atoms with van der Waals surface area (Å²) in [5.41, 5.74) is 4.90.